The van der Waals surface area contributed by atoms with Gasteiger partial charge in [0.25, 0.3) is 5.91 Å². The molecule has 0 radical (unpaired) electrons. The first-order chi connectivity index (χ1) is 15.1. The van der Waals surface area contributed by atoms with Gasteiger partial charge in [-0.2, -0.15) is 0 Å². The van der Waals surface area contributed by atoms with Crippen LogP contribution in [0.25, 0.3) is 0 Å². The Hall–Kier alpha value is -1.76. The molecule has 1 fully saturated rings. The van der Waals surface area contributed by atoms with Gasteiger partial charge in [0.2, 0.25) is 0 Å². The first kappa shape index (κ1) is 26.5. The molecule has 1 amide bonds. The van der Waals surface area contributed by atoms with Crippen LogP contribution < -0.4 is 16.0 Å². The van der Waals surface area contributed by atoms with Crippen molar-refractivity contribution in [2.45, 2.75) is 13.0 Å². The number of thiophene rings is 1. The Morgan fingerprint density at radius 1 is 1.22 bits per heavy atom. The van der Waals surface area contributed by atoms with Gasteiger partial charge < -0.3 is 20.7 Å². The molecule has 0 aliphatic carbocycles. The number of nitrogens with one attached hydrogen (secondary N) is 3. The SMILES string of the molecule is CN=C(NCCNC(=O)c1ccc(C)c(F)c1)NCC(c1cccs1)N1CCOCC1.I. The van der Waals surface area contributed by atoms with Crippen molar-refractivity contribution in [3.8, 4) is 0 Å². The zero-order valence-corrected chi connectivity index (χ0v) is 21.5. The second-order valence-corrected chi connectivity index (χ2v) is 8.26. The molecule has 3 N–H and O–H groups in total. The second-order valence-electron chi connectivity index (χ2n) is 7.28. The number of morpholine rings is 1. The van der Waals surface area contributed by atoms with Gasteiger partial charge in [0, 0.05) is 50.2 Å². The van der Waals surface area contributed by atoms with E-state index >= 15 is 0 Å². The minimum Gasteiger partial charge on any atom is -0.379 e. The molecule has 7 nitrogen and oxygen atoms in total. The molecule has 32 heavy (non-hydrogen) atoms. The maximum atomic E-state index is 13.6. The van der Waals surface area contributed by atoms with E-state index in [1.54, 1.807) is 37.4 Å². The smallest absolute Gasteiger partial charge is 0.251 e. The summed E-state index contributed by atoms with van der Waals surface area (Å²) in [5, 5.41) is 11.5. The van der Waals surface area contributed by atoms with Crippen LogP contribution in [0.3, 0.4) is 0 Å². The monoisotopic (exact) mass is 575 g/mol. The number of amides is 1. The zero-order valence-electron chi connectivity index (χ0n) is 18.4. The molecule has 176 valence electrons. The van der Waals surface area contributed by atoms with Crippen molar-refractivity contribution < 1.29 is 13.9 Å². The number of aliphatic imine (C=N–C) groups is 1. The molecular formula is C22H31FIN5O2S. The van der Waals surface area contributed by atoms with E-state index in [4.69, 9.17) is 4.74 Å². The summed E-state index contributed by atoms with van der Waals surface area (Å²) in [5.74, 6) is -0.00453. The first-order valence-corrected chi connectivity index (χ1v) is 11.3. The fraction of sp³-hybridized carbons (Fsp3) is 0.455. The average Bonchev–Trinajstić information content (AvgIpc) is 3.32. The molecule has 10 heteroatoms. The number of aryl methyl sites for hydroxylation is 1. The highest BCUT2D eigenvalue weighted by atomic mass is 127. The third kappa shape index (κ3) is 7.68. The third-order valence-corrected chi connectivity index (χ3v) is 6.16. The van der Waals surface area contributed by atoms with Gasteiger partial charge >= 0.3 is 0 Å². The number of carbonyl (C=O) groups excluding carboxylic acids is 1. The minimum absolute atomic E-state index is 0. The molecule has 1 aliphatic rings. The van der Waals surface area contributed by atoms with Gasteiger partial charge in [-0.3, -0.25) is 14.7 Å². The van der Waals surface area contributed by atoms with Crippen LogP contribution in [0.4, 0.5) is 4.39 Å². The second kappa shape index (κ2) is 13.7. The van der Waals surface area contributed by atoms with Gasteiger partial charge in [-0.25, -0.2) is 4.39 Å². The van der Waals surface area contributed by atoms with Crippen LogP contribution in [0, 0.1) is 12.7 Å². The lowest BCUT2D eigenvalue weighted by molar-refractivity contribution is 0.0177. The lowest BCUT2D eigenvalue weighted by Gasteiger charge is -2.34. The van der Waals surface area contributed by atoms with Crippen LogP contribution in [-0.4, -0.2) is 69.8 Å². The Labute approximate surface area is 209 Å². The quantitative estimate of drug-likeness (QED) is 0.196. The highest BCUT2D eigenvalue weighted by molar-refractivity contribution is 14.0. The summed E-state index contributed by atoms with van der Waals surface area (Å²) in [5.41, 5.74) is 0.834. The lowest BCUT2D eigenvalue weighted by Crippen LogP contribution is -2.47. The van der Waals surface area contributed by atoms with Crippen molar-refractivity contribution in [2.24, 2.45) is 4.99 Å². The fourth-order valence-electron chi connectivity index (χ4n) is 3.39. The average molecular weight is 575 g/mol. The molecule has 1 aliphatic heterocycles. The van der Waals surface area contributed by atoms with Gasteiger partial charge in [0.15, 0.2) is 5.96 Å². The molecule has 1 aromatic carbocycles. The first-order valence-electron chi connectivity index (χ1n) is 10.4. The Morgan fingerprint density at radius 2 is 1.97 bits per heavy atom. The summed E-state index contributed by atoms with van der Waals surface area (Å²) in [4.78, 5) is 20.2. The normalized spacial score (nSPS) is 15.5. The molecule has 1 saturated heterocycles. The minimum atomic E-state index is -0.379. The Balaban J connectivity index is 0.00000363. The number of ether oxygens (including phenoxy) is 1. The van der Waals surface area contributed by atoms with E-state index < -0.39 is 0 Å². The lowest BCUT2D eigenvalue weighted by atomic mass is 10.1. The van der Waals surface area contributed by atoms with E-state index in [0.717, 1.165) is 32.8 Å². The molecular weight excluding hydrogens is 544 g/mol. The molecule has 1 unspecified atom stereocenters. The summed E-state index contributed by atoms with van der Waals surface area (Å²) in [6.45, 7) is 6.59. The van der Waals surface area contributed by atoms with Crippen molar-refractivity contribution in [3.63, 3.8) is 0 Å². The third-order valence-electron chi connectivity index (χ3n) is 5.18. The molecule has 2 aromatic rings. The highest BCUT2D eigenvalue weighted by Crippen LogP contribution is 2.25. The van der Waals surface area contributed by atoms with Gasteiger partial charge in [-0.05, 0) is 36.1 Å². The number of hydrogen-bond donors (Lipinski definition) is 3. The van der Waals surface area contributed by atoms with Gasteiger partial charge in [0.1, 0.15) is 5.82 Å². The van der Waals surface area contributed by atoms with E-state index in [0.29, 0.717) is 30.2 Å². The number of hydrogen-bond acceptors (Lipinski definition) is 5. The molecule has 0 saturated carbocycles. The Bertz CT molecular complexity index is 875. The number of benzene rings is 1. The largest absolute Gasteiger partial charge is 0.379 e. The van der Waals surface area contributed by atoms with Crippen molar-refractivity contribution in [1.82, 2.24) is 20.9 Å². The van der Waals surface area contributed by atoms with E-state index in [9.17, 15) is 9.18 Å². The number of halogens is 2. The number of rotatable bonds is 8. The van der Waals surface area contributed by atoms with Crippen molar-refractivity contribution in [2.75, 3.05) is 53.0 Å². The van der Waals surface area contributed by atoms with Crippen LogP contribution in [0.1, 0.15) is 26.8 Å². The summed E-state index contributed by atoms with van der Waals surface area (Å²) >= 11 is 1.75. The van der Waals surface area contributed by atoms with Crippen LogP contribution in [0.2, 0.25) is 0 Å². The summed E-state index contributed by atoms with van der Waals surface area (Å²) in [7, 11) is 1.72. The molecule has 0 bridgehead atoms. The van der Waals surface area contributed by atoms with Crippen LogP contribution >= 0.6 is 35.3 Å². The van der Waals surface area contributed by atoms with Crippen molar-refractivity contribution in [1.29, 1.82) is 0 Å². The van der Waals surface area contributed by atoms with Gasteiger partial charge in [-0.1, -0.05) is 12.1 Å². The molecule has 2 heterocycles. The topological polar surface area (TPSA) is 78.0 Å². The Morgan fingerprint density at radius 3 is 2.62 bits per heavy atom. The van der Waals surface area contributed by atoms with Crippen molar-refractivity contribution >= 4 is 47.2 Å². The van der Waals surface area contributed by atoms with Gasteiger partial charge in [-0.15, -0.1) is 35.3 Å². The predicted octanol–water partition coefficient (Wildman–Crippen LogP) is 2.78. The van der Waals surface area contributed by atoms with E-state index in [1.165, 1.54) is 10.9 Å². The van der Waals surface area contributed by atoms with Crippen LogP contribution in [0.15, 0.2) is 40.7 Å². The maximum Gasteiger partial charge on any atom is 0.251 e. The maximum absolute atomic E-state index is 13.6. The standard InChI is InChI=1S/C22H30FN5O2S.HI/c1-16-5-6-17(14-18(16)23)21(29)25-7-8-26-22(24-2)27-15-19(20-4-3-13-31-20)28-9-11-30-12-10-28;/h3-6,13-14,19H,7-12,15H2,1-2H3,(H,25,29)(H2,24,26,27);1H. The van der Waals surface area contributed by atoms with Crippen LogP contribution in [-0.2, 0) is 4.74 Å². The van der Waals surface area contributed by atoms with E-state index in [2.05, 4.69) is 43.4 Å². The number of carbonyl (C=O) groups is 1. The fourth-order valence-corrected chi connectivity index (χ4v) is 4.25. The molecule has 3 rings (SSSR count). The summed E-state index contributed by atoms with van der Waals surface area (Å²) in [6, 6.07) is 8.97. The highest BCUT2D eigenvalue weighted by Gasteiger charge is 2.23. The summed E-state index contributed by atoms with van der Waals surface area (Å²) in [6.07, 6.45) is 0. The van der Waals surface area contributed by atoms with Crippen molar-refractivity contribution in [3.05, 3.63) is 57.5 Å². The van der Waals surface area contributed by atoms with E-state index in [1.807, 2.05) is 0 Å². The van der Waals surface area contributed by atoms with E-state index in [-0.39, 0.29) is 41.7 Å². The molecule has 1 atom stereocenters. The number of nitrogens with zero attached hydrogens (tertiary/aromatic N) is 2. The predicted molar refractivity (Wildman–Crippen MR) is 138 cm³/mol. The summed E-state index contributed by atoms with van der Waals surface area (Å²) < 4.78 is 19.1. The number of guanidine groups is 1. The van der Waals surface area contributed by atoms with Gasteiger partial charge in [0.05, 0.1) is 19.3 Å². The Kier molecular flexibility index (Phi) is 11.4. The zero-order chi connectivity index (χ0) is 22.1. The van der Waals surface area contributed by atoms with Crippen LogP contribution in [0.5, 0.6) is 0 Å². The molecule has 0 spiro atoms. The molecule has 1 aromatic heterocycles.